The lowest BCUT2D eigenvalue weighted by atomic mass is 10.1. The second-order valence-corrected chi connectivity index (χ2v) is 7.16. The first kappa shape index (κ1) is 19.3. The van der Waals surface area contributed by atoms with Gasteiger partial charge in [0, 0.05) is 29.6 Å². The molecule has 0 saturated carbocycles. The molecule has 142 valence electrons. The third kappa shape index (κ3) is 4.28. The highest BCUT2D eigenvalue weighted by molar-refractivity contribution is 6.31. The number of benzene rings is 2. The molecule has 0 bridgehead atoms. The van der Waals surface area contributed by atoms with Crippen molar-refractivity contribution in [3.8, 4) is 0 Å². The average Bonchev–Trinajstić information content (AvgIpc) is 2.72. The molecule has 1 N–H and O–H groups in total. The number of rotatable bonds is 4. The van der Waals surface area contributed by atoms with Crippen molar-refractivity contribution < 1.29 is 14.0 Å². The van der Waals surface area contributed by atoms with Crippen LogP contribution in [-0.2, 0) is 16.1 Å². The molecule has 0 aliphatic carbocycles. The third-order valence-electron chi connectivity index (χ3n) is 4.52. The molecule has 7 heteroatoms. The van der Waals surface area contributed by atoms with Gasteiger partial charge in [0.15, 0.2) is 0 Å². The summed E-state index contributed by atoms with van der Waals surface area (Å²) in [6.45, 7) is 2.11. The van der Waals surface area contributed by atoms with Gasteiger partial charge in [-0.15, -0.1) is 0 Å². The van der Waals surface area contributed by atoms with E-state index >= 15 is 0 Å². The summed E-state index contributed by atoms with van der Waals surface area (Å²) in [5, 5.41) is 3.16. The summed E-state index contributed by atoms with van der Waals surface area (Å²) in [6.07, 6.45) is 0.212. The van der Waals surface area contributed by atoms with Gasteiger partial charge in [0.2, 0.25) is 11.8 Å². The lowest BCUT2D eigenvalue weighted by Crippen LogP contribution is -2.44. The average molecular weight is 390 g/mol. The minimum atomic E-state index is -0.398. The van der Waals surface area contributed by atoms with Gasteiger partial charge in [-0.25, -0.2) is 4.39 Å². The van der Waals surface area contributed by atoms with Crippen molar-refractivity contribution >= 4 is 34.8 Å². The highest BCUT2D eigenvalue weighted by Gasteiger charge is 2.30. The first-order valence-electron chi connectivity index (χ1n) is 8.69. The van der Waals surface area contributed by atoms with Gasteiger partial charge >= 0.3 is 0 Å². The monoisotopic (exact) mass is 389 g/mol. The molecular formula is C20H21ClFN3O2. The zero-order valence-electron chi connectivity index (χ0n) is 15.2. The zero-order chi connectivity index (χ0) is 19.6. The molecule has 1 atom stereocenters. The Labute approximate surface area is 162 Å². The van der Waals surface area contributed by atoms with Crippen LogP contribution in [0.4, 0.5) is 15.8 Å². The van der Waals surface area contributed by atoms with Gasteiger partial charge in [-0.05, 0) is 38.2 Å². The molecule has 2 aromatic carbocycles. The van der Waals surface area contributed by atoms with E-state index in [0.29, 0.717) is 22.0 Å². The van der Waals surface area contributed by atoms with E-state index in [1.807, 2.05) is 25.1 Å². The molecule has 0 fully saturated rings. The maximum atomic E-state index is 14.0. The molecule has 2 aromatic rings. The van der Waals surface area contributed by atoms with Crippen LogP contribution < -0.4 is 10.2 Å². The van der Waals surface area contributed by atoms with Crippen LogP contribution in [0.25, 0.3) is 0 Å². The molecule has 0 spiro atoms. The molecule has 0 radical (unpaired) electrons. The third-order valence-corrected chi connectivity index (χ3v) is 4.88. The number of para-hydroxylation sites is 2. The Morgan fingerprint density at radius 3 is 2.78 bits per heavy atom. The molecule has 3 rings (SSSR count). The molecule has 1 aliphatic rings. The Morgan fingerprint density at radius 2 is 2.04 bits per heavy atom. The minimum Gasteiger partial charge on any atom is -0.324 e. The molecule has 1 heterocycles. The SMILES string of the molecule is CC1CC(=O)Nc2ccccc2N1C(=O)CN(C)Cc1c(F)cccc1Cl. The fourth-order valence-electron chi connectivity index (χ4n) is 3.28. The van der Waals surface area contributed by atoms with E-state index in [0.717, 1.165) is 0 Å². The van der Waals surface area contributed by atoms with Crippen molar-refractivity contribution in [1.29, 1.82) is 0 Å². The van der Waals surface area contributed by atoms with Gasteiger partial charge in [0.05, 0.1) is 17.9 Å². The van der Waals surface area contributed by atoms with Crippen LogP contribution >= 0.6 is 11.6 Å². The standard InChI is InChI=1S/C20H21ClFN3O2/c1-13-10-19(26)23-17-8-3-4-9-18(17)25(13)20(27)12-24(2)11-14-15(21)6-5-7-16(14)22/h3-9,13H,10-12H2,1-2H3,(H,23,26). The summed E-state index contributed by atoms with van der Waals surface area (Å²) in [5.74, 6) is -0.691. The van der Waals surface area contributed by atoms with Crippen molar-refractivity contribution in [1.82, 2.24) is 4.90 Å². The Hall–Kier alpha value is -2.44. The number of amides is 2. The molecule has 0 saturated heterocycles. The topological polar surface area (TPSA) is 52.7 Å². The van der Waals surface area contributed by atoms with Gasteiger partial charge < -0.3 is 10.2 Å². The molecule has 27 heavy (non-hydrogen) atoms. The van der Waals surface area contributed by atoms with Gasteiger partial charge in [-0.3, -0.25) is 14.5 Å². The summed E-state index contributed by atoms with van der Waals surface area (Å²) in [4.78, 5) is 28.4. The maximum absolute atomic E-state index is 14.0. The van der Waals surface area contributed by atoms with Gasteiger partial charge in [-0.1, -0.05) is 29.8 Å². The molecule has 5 nitrogen and oxygen atoms in total. The Balaban J connectivity index is 1.79. The van der Waals surface area contributed by atoms with Gasteiger partial charge in [0.25, 0.3) is 0 Å². The Kier molecular flexibility index (Phi) is 5.77. The first-order valence-corrected chi connectivity index (χ1v) is 9.07. The predicted octanol–water partition coefficient (Wildman–Crippen LogP) is 3.67. The summed E-state index contributed by atoms with van der Waals surface area (Å²) in [6, 6.07) is 11.5. The number of likely N-dealkylation sites (N-methyl/N-ethyl adjacent to an activating group) is 1. The number of carbonyl (C=O) groups is 2. The van der Waals surface area contributed by atoms with E-state index in [4.69, 9.17) is 11.6 Å². The highest BCUT2D eigenvalue weighted by Crippen LogP contribution is 2.31. The van der Waals surface area contributed by atoms with E-state index in [2.05, 4.69) is 5.32 Å². The van der Waals surface area contributed by atoms with Crippen LogP contribution in [0.5, 0.6) is 0 Å². The summed E-state index contributed by atoms with van der Waals surface area (Å²) in [5.41, 5.74) is 1.63. The molecular weight excluding hydrogens is 369 g/mol. The van der Waals surface area contributed by atoms with Crippen molar-refractivity contribution in [2.24, 2.45) is 0 Å². The van der Waals surface area contributed by atoms with Crippen LogP contribution in [-0.4, -0.2) is 36.3 Å². The van der Waals surface area contributed by atoms with Crippen LogP contribution in [0.1, 0.15) is 18.9 Å². The van der Waals surface area contributed by atoms with Gasteiger partial charge in [0.1, 0.15) is 5.82 Å². The molecule has 1 unspecified atom stereocenters. The maximum Gasteiger partial charge on any atom is 0.241 e. The van der Waals surface area contributed by atoms with Crippen LogP contribution in [0.3, 0.4) is 0 Å². The van der Waals surface area contributed by atoms with E-state index in [1.54, 1.807) is 35.0 Å². The van der Waals surface area contributed by atoms with Crippen LogP contribution in [0, 0.1) is 5.82 Å². The second-order valence-electron chi connectivity index (χ2n) is 6.75. The van der Waals surface area contributed by atoms with Crippen LogP contribution in [0.15, 0.2) is 42.5 Å². The number of anilines is 2. The van der Waals surface area contributed by atoms with Crippen LogP contribution in [0.2, 0.25) is 5.02 Å². The number of nitrogens with one attached hydrogen (secondary N) is 1. The molecule has 2 amide bonds. The van der Waals surface area contributed by atoms with E-state index in [9.17, 15) is 14.0 Å². The summed E-state index contributed by atoms with van der Waals surface area (Å²) < 4.78 is 14.0. The summed E-state index contributed by atoms with van der Waals surface area (Å²) >= 11 is 6.08. The van der Waals surface area contributed by atoms with E-state index < -0.39 is 5.82 Å². The predicted molar refractivity (Wildman–Crippen MR) is 104 cm³/mol. The lowest BCUT2D eigenvalue weighted by Gasteiger charge is -2.30. The van der Waals surface area contributed by atoms with Crippen molar-refractivity contribution in [3.05, 3.63) is 58.9 Å². The quantitative estimate of drug-likeness (QED) is 0.867. The van der Waals surface area contributed by atoms with E-state index in [1.165, 1.54) is 6.07 Å². The summed E-state index contributed by atoms with van der Waals surface area (Å²) in [7, 11) is 1.73. The lowest BCUT2D eigenvalue weighted by molar-refractivity contribution is -0.120. The number of hydrogen-bond acceptors (Lipinski definition) is 3. The highest BCUT2D eigenvalue weighted by atomic mass is 35.5. The van der Waals surface area contributed by atoms with Crippen molar-refractivity contribution in [2.75, 3.05) is 23.8 Å². The number of nitrogens with zero attached hydrogens (tertiary/aromatic N) is 2. The van der Waals surface area contributed by atoms with E-state index in [-0.39, 0.29) is 37.4 Å². The van der Waals surface area contributed by atoms with Crippen molar-refractivity contribution in [3.63, 3.8) is 0 Å². The Bertz CT molecular complexity index is 854. The number of hydrogen-bond donors (Lipinski definition) is 1. The van der Waals surface area contributed by atoms with Crippen molar-refractivity contribution in [2.45, 2.75) is 25.9 Å². The zero-order valence-corrected chi connectivity index (χ0v) is 16.0. The number of fused-ring (bicyclic) bond motifs is 1. The normalized spacial score (nSPS) is 16.7. The smallest absolute Gasteiger partial charge is 0.241 e. The fraction of sp³-hybridized carbons (Fsp3) is 0.300. The number of halogens is 2. The largest absolute Gasteiger partial charge is 0.324 e. The molecule has 1 aliphatic heterocycles. The minimum absolute atomic E-state index is 0.0670. The number of carbonyl (C=O) groups excluding carboxylic acids is 2. The Morgan fingerprint density at radius 1 is 1.30 bits per heavy atom. The second kappa shape index (κ2) is 8.06. The first-order chi connectivity index (χ1) is 12.9. The molecule has 0 aromatic heterocycles. The van der Waals surface area contributed by atoms with Gasteiger partial charge in [-0.2, -0.15) is 0 Å². The fourth-order valence-corrected chi connectivity index (χ4v) is 3.51.